The standard InChI is InChI=1S/C14H22BrN3/c1-17-8-3-4-12(11-17)7-9-18(2)14-6-5-13(15)10-16-14/h5-6,10,12H,3-4,7-9,11H2,1-2H3. The summed E-state index contributed by atoms with van der Waals surface area (Å²) in [6.45, 7) is 3.61. The second-order valence-corrected chi connectivity index (χ2v) is 6.23. The van der Waals surface area contributed by atoms with Gasteiger partial charge in [0.2, 0.25) is 0 Å². The van der Waals surface area contributed by atoms with Gasteiger partial charge in [-0.1, -0.05) is 0 Å². The molecule has 2 rings (SSSR count). The van der Waals surface area contributed by atoms with Gasteiger partial charge in [0.15, 0.2) is 0 Å². The number of halogens is 1. The minimum Gasteiger partial charge on any atom is -0.360 e. The zero-order valence-corrected chi connectivity index (χ0v) is 12.9. The maximum atomic E-state index is 4.43. The summed E-state index contributed by atoms with van der Waals surface area (Å²) in [4.78, 5) is 9.13. The van der Waals surface area contributed by atoms with Crippen molar-refractivity contribution in [3.05, 3.63) is 22.8 Å². The number of pyridine rings is 1. The van der Waals surface area contributed by atoms with E-state index < -0.39 is 0 Å². The number of aromatic nitrogens is 1. The van der Waals surface area contributed by atoms with Crippen molar-refractivity contribution in [2.75, 3.05) is 38.6 Å². The Kier molecular flexibility index (Phi) is 5.01. The highest BCUT2D eigenvalue weighted by molar-refractivity contribution is 9.10. The Labute approximate surface area is 118 Å². The molecule has 0 amide bonds. The van der Waals surface area contributed by atoms with Crippen molar-refractivity contribution in [3.63, 3.8) is 0 Å². The van der Waals surface area contributed by atoms with Crippen molar-refractivity contribution >= 4 is 21.7 Å². The van der Waals surface area contributed by atoms with Crippen molar-refractivity contribution in [1.29, 1.82) is 0 Å². The zero-order valence-electron chi connectivity index (χ0n) is 11.3. The molecule has 3 nitrogen and oxygen atoms in total. The predicted molar refractivity (Wildman–Crippen MR) is 80.0 cm³/mol. The molecule has 1 aliphatic rings. The predicted octanol–water partition coefficient (Wildman–Crippen LogP) is 3.01. The van der Waals surface area contributed by atoms with Crippen LogP contribution in [0.3, 0.4) is 0 Å². The van der Waals surface area contributed by atoms with Crippen LogP contribution in [0.2, 0.25) is 0 Å². The van der Waals surface area contributed by atoms with Gasteiger partial charge >= 0.3 is 0 Å². The fraction of sp³-hybridized carbons (Fsp3) is 0.643. The van der Waals surface area contributed by atoms with Crippen LogP contribution >= 0.6 is 15.9 Å². The molecule has 1 unspecified atom stereocenters. The van der Waals surface area contributed by atoms with Crippen LogP contribution in [0.1, 0.15) is 19.3 Å². The van der Waals surface area contributed by atoms with Gasteiger partial charge in [-0.3, -0.25) is 0 Å². The lowest BCUT2D eigenvalue weighted by Gasteiger charge is -2.31. The van der Waals surface area contributed by atoms with Crippen LogP contribution in [0.5, 0.6) is 0 Å². The van der Waals surface area contributed by atoms with Crippen molar-refractivity contribution < 1.29 is 0 Å². The van der Waals surface area contributed by atoms with Crippen molar-refractivity contribution in [3.8, 4) is 0 Å². The quantitative estimate of drug-likeness (QED) is 0.852. The van der Waals surface area contributed by atoms with Gasteiger partial charge in [0.25, 0.3) is 0 Å². The molecule has 0 aromatic carbocycles. The van der Waals surface area contributed by atoms with Gasteiger partial charge in [0.05, 0.1) is 0 Å². The van der Waals surface area contributed by atoms with E-state index in [1.54, 1.807) is 0 Å². The van der Waals surface area contributed by atoms with E-state index in [0.29, 0.717) is 0 Å². The molecule has 2 heterocycles. The molecule has 1 aromatic rings. The molecule has 1 saturated heterocycles. The highest BCUT2D eigenvalue weighted by atomic mass is 79.9. The Morgan fingerprint density at radius 3 is 3.00 bits per heavy atom. The molecular formula is C14H22BrN3. The number of likely N-dealkylation sites (tertiary alicyclic amines) is 1. The normalized spacial score (nSPS) is 20.9. The third kappa shape index (κ3) is 3.95. The van der Waals surface area contributed by atoms with Gasteiger partial charge < -0.3 is 9.80 Å². The molecule has 0 saturated carbocycles. The van der Waals surface area contributed by atoms with E-state index >= 15 is 0 Å². The Hall–Kier alpha value is -0.610. The summed E-state index contributed by atoms with van der Waals surface area (Å²) < 4.78 is 1.04. The van der Waals surface area contributed by atoms with Gasteiger partial charge in [0.1, 0.15) is 5.82 Å². The summed E-state index contributed by atoms with van der Waals surface area (Å²) in [5.41, 5.74) is 0. The first-order chi connectivity index (χ1) is 8.65. The number of hydrogen-bond donors (Lipinski definition) is 0. The number of anilines is 1. The number of hydrogen-bond acceptors (Lipinski definition) is 3. The Balaban J connectivity index is 1.80. The smallest absolute Gasteiger partial charge is 0.128 e. The molecule has 18 heavy (non-hydrogen) atoms. The van der Waals surface area contributed by atoms with Gasteiger partial charge in [-0.05, 0) is 66.8 Å². The van der Waals surface area contributed by atoms with Crippen LogP contribution in [0.25, 0.3) is 0 Å². The van der Waals surface area contributed by atoms with E-state index in [9.17, 15) is 0 Å². The number of piperidine rings is 1. The maximum absolute atomic E-state index is 4.43. The number of nitrogens with zero attached hydrogens (tertiary/aromatic N) is 3. The lowest BCUT2D eigenvalue weighted by molar-refractivity contribution is 0.203. The molecule has 1 aliphatic heterocycles. The molecule has 0 N–H and O–H groups in total. The van der Waals surface area contributed by atoms with Crippen molar-refractivity contribution in [1.82, 2.24) is 9.88 Å². The molecule has 0 aliphatic carbocycles. The minimum atomic E-state index is 0.849. The first-order valence-corrected chi connectivity index (χ1v) is 7.45. The second kappa shape index (κ2) is 6.53. The van der Waals surface area contributed by atoms with Gasteiger partial charge in [0, 0.05) is 30.8 Å². The van der Waals surface area contributed by atoms with E-state index in [1.165, 1.54) is 32.4 Å². The van der Waals surface area contributed by atoms with Crippen LogP contribution in [0.4, 0.5) is 5.82 Å². The lowest BCUT2D eigenvalue weighted by Crippen LogP contribution is -2.34. The summed E-state index contributed by atoms with van der Waals surface area (Å²) in [6.07, 6.45) is 5.85. The molecule has 4 heteroatoms. The molecule has 0 radical (unpaired) electrons. The third-order valence-corrected chi connectivity index (χ3v) is 4.17. The molecule has 1 atom stereocenters. The summed E-state index contributed by atoms with van der Waals surface area (Å²) >= 11 is 3.42. The molecule has 100 valence electrons. The van der Waals surface area contributed by atoms with E-state index in [4.69, 9.17) is 0 Å². The van der Waals surface area contributed by atoms with Crippen LogP contribution < -0.4 is 4.90 Å². The zero-order chi connectivity index (χ0) is 13.0. The maximum Gasteiger partial charge on any atom is 0.128 e. The Bertz CT molecular complexity index is 366. The topological polar surface area (TPSA) is 19.4 Å². The first-order valence-electron chi connectivity index (χ1n) is 6.66. The van der Waals surface area contributed by atoms with Crippen molar-refractivity contribution in [2.24, 2.45) is 5.92 Å². The van der Waals surface area contributed by atoms with Crippen LogP contribution in [0, 0.1) is 5.92 Å². The average Bonchev–Trinajstić information content (AvgIpc) is 2.37. The van der Waals surface area contributed by atoms with E-state index in [0.717, 1.165) is 22.8 Å². The first kappa shape index (κ1) is 13.8. The van der Waals surface area contributed by atoms with Gasteiger partial charge in [-0.25, -0.2) is 4.98 Å². The minimum absolute atomic E-state index is 0.849. The van der Waals surface area contributed by atoms with E-state index in [1.807, 2.05) is 12.3 Å². The molecule has 0 spiro atoms. The highest BCUT2D eigenvalue weighted by Gasteiger charge is 2.17. The monoisotopic (exact) mass is 311 g/mol. The fourth-order valence-electron chi connectivity index (χ4n) is 2.59. The number of rotatable bonds is 4. The summed E-state index contributed by atoms with van der Waals surface area (Å²) in [5.74, 6) is 1.91. The SMILES string of the molecule is CN1CCCC(CCN(C)c2ccc(Br)cn2)C1. The average molecular weight is 312 g/mol. The van der Waals surface area contributed by atoms with Crippen LogP contribution in [-0.4, -0.2) is 43.6 Å². The van der Waals surface area contributed by atoms with E-state index in [-0.39, 0.29) is 0 Å². The highest BCUT2D eigenvalue weighted by Crippen LogP contribution is 2.20. The Morgan fingerprint density at radius 1 is 1.50 bits per heavy atom. The van der Waals surface area contributed by atoms with Gasteiger partial charge in [-0.2, -0.15) is 0 Å². The fourth-order valence-corrected chi connectivity index (χ4v) is 2.83. The molecule has 0 bridgehead atoms. The third-order valence-electron chi connectivity index (χ3n) is 3.70. The van der Waals surface area contributed by atoms with Gasteiger partial charge in [-0.15, -0.1) is 0 Å². The second-order valence-electron chi connectivity index (χ2n) is 5.32. The largest absolute Gasteiger partial charge is 0.360 e. The summed E-state index contributed by atoms with van der Waals surface area (Å²) in [6, 6.07) is 4.12. The van der Waals surface area contributed by atoms with Crippen LogP contribution in [0.15, 0.2) is 22.8 Å². The lowest BCUT2D eigenvalue weighted by atomic mass is 9.95. The van der Waals surface area contributed by atoms with Crippen LogP contribution in [-0.2, 0) is 0 Å². The van der Waals surface area contributed by atoms with E-state index in [2.05, 4.69) is 50.9 Å². The molecule has 1 aromatic heterocycles. The Morgan fingerprint density at radius 2 is 2.33 bits per heavy atom. The summed E-state index contributed by atoms with van der Waals surface area (Å²) in [5, 5.41) is 0. The van der Waals surface area contributed by atoms with Crippen molar-refractivity contribution in [2.45, 2.75) is 19.3 Å². The molecular weight excluding hydrogens is 290 g/mol. The molecule has 1 fully saturated rings. The summed E-state index contributed by atoms with van der Waals surface area (Å²) in [7, 11) is 4.36.